The van der Waals surface area contributed by atoms with E-state index in [4.69, 9.17) is 25.8 Å². The van der Waals surface area contributed by atoms with Gasteiger partial charge in [-0.15, -0.1) is 5.10 Å². The standard InChI is InChI=1S/C24H25ClN4O5/c1-32-19-14-16(15-20(33-2)23(19)34-3)24(31)28-12-10-27(11-13-28)21-8-9-22(30)29(26-21)18-6-4-17(25)5-7-18/h4-9,14-15H,10-13H2,1-3H3. The summed E-state index contributed by atoms with van der Waals surface area (Å²) < 4.78 is 17.4. The Balaban J connectivity index is 1.50. The van der Waals surface area contributed by atoms with Crippen molar-refractivity contribution in [2.75, 3.05) is 52.4 Å². The Morgan fingerprint density at radius 2 is 1.50 bits per heavy atom. The van der Waals surface area contributed by atoms with Crippen LogP contribution >= 0.6 is 11.6 Å². The second-order valence-electron chi connectivity index (χ2n) is 7.61. The summed E-state index contributed by atoms with van der Waals surface area (Å²) in [6.07, 6.45) is 0. The number of hydrogen-bond donors (Lipinski definition) is 0. The molecule has 9 nitrogen and oxygen atoms in total. The molecule has 0 N–H and O–H groups in total. The Morgan fingerprint density at radius 1 is 0.882 bits per heavy atom. The summed E-state index contributed by atoms with van der Waals surface area (Å²) in [6, 6.07) is 13.4. The van der Waals surface area contributed by atoms with Gasteiger partial charge in [0.1, 0.15) is 5.82 Å². The molecule has 1 saturated heterocycles. The first-order valence-corrected chi connectivity index (χ1v) is 11.0. The van der Waals surface area contributed by atoms with Crippen molar-refractivity contribution in [3.63, 3.8) is 0 Å². The van der Waals surface area contributed by atoms with Gasteiger partial charge in [-0.25, -0.2) is 0 Å². The summed E-state index contributed by atoms with van der Waals surface area (Å²) in [5.74, 6) is 1.83. The number of halogens is 1. The maximum atomic E-state index is 13.2. The maximum Gasteiger partial charge on any atom is 0.271 e. The third kappa shape index (κ3) is 4.65. The Kier molecular flexibility index (Phi) is 6.93. The first kappa shape index (κ1) is 23.4. The van der Waals surface area contributed by atoms with Crippen molar-refractivity contribution in [3.8, 4) is 22.9 Å². The Hall–Kier alpha value is -3.72. The van der Waals surface area contributed by atoms with Gasteiger partial charge in [0.05, 0.1) is 27.0 Å². The van der Waals surface area contributed by atoms with E-state index < -0.39 is 0 Å². The van der Waals surface area contributed by atoms with Crippen molar-refractivity contribution in [1.29, 1.82) is 0 Å². The van der Waals surface area contributed by atoms with Gasteiger partial charge < -0.3 is 24.0 Å². The molecule has 4 rings (SSSR count). The van der Waals surface area contributed by atoms with Crippen LogP contribution in [-0.2, 0) is 0 Å². The number of methoxy groups -OCH3 is 3. The number of nitrogens with zero attached hydrogens (tertiary/aromatic N) is 4. The fourth-order valence-electron chi connectivity index (χ4n) is 3.86. The lowest BCUT2D eigenvalue weighted by Crippen LogP contribution is -2.49. The number of carbonyl (C=O) groups is 1. The van der Waals surface area contributed by atoms with Crippen LogP contribution in [-0.4, -0.2) is 68.1 Å². The molecule has 2 heterocycles. The SMILES string of the molecule is COc1cc(C(=O)N2CCN(c3ccc(=O)n(-c4ccc(Cl)cc4)n3)CC2)cc(OC)c1OC. The Labute approximate surface area is 202 Å². The summed E-state index contributed by atoms with van der Waals surface area (Å²) >= 11 is 5.96. The molecule has 1 aromatic heterocycles. The number of carbonyl (C=O) groups excluding carboxylic acids is 1. The number of ether oxygens (including phenoxy) is 3. The molecule has 1 amide bonds. The third-order valence-corrected chi connectivity index (χ3v) is 5.91. The molecule has 0 unspecified atom stereocenters. The highest BCUT2D eigenvalue weighted by Crippen LogP contribution is 2.38. The molecule has 1 fully saturated rings. The highest BCUT2D eigenvalue weighted by molar-refractivity contribution is 6.30. The van der Waals surface area contributed by atoms with E-state index >= 15 is 0 Å². The number of benzene rings is 2. The summed E-state index contributed by atoms with van der Waals surface area (Å²) in [7, 11) is 4.55. The molecular formula is C24H25ClN4O5. The number of anilines is 1. The second-order valence-corrected chi connectivity index (χ2v) is 8.05. The largest absolute Gasteiger partial charge is 0.493 e. The van der Waals surface area contributed by atoms with Crippen LogP contribution in [0.2, 0.25) is 5.02 Å². The zero-order valence-corrected chi connectivity index (χ0v) is 19.9. The minimum Gasteiger partial charge on any atom is -0.493 e. The van der Waals surface area contributed by atoms with Gasteiger partial charge in [0.2, 0.25) is 5.75 Å². The second kappa shape index (κ2) is 10.0. The number of rotatable bonds is 6. The lowest BCUT2D eigenvalue weighted by molar-refractivity contribution is 0.0745. The van der Waals surface area contributed by atoms with Crippen molar-refractivity contribution >= 4 is 23.3 Å². The molecule has 0 radical (unpaired) electrons. The molecule has 0 saturated carbocycles. The van der Waals surface area contributed by atoms with Crippen LogP contribution in [0.5, 0.6) is 17.2 Å². The fourth-order valence-corrected chi connectivity index (χ4v) is 3.99. The molecule has 0 atom stereocenters. The first-order valence-electron chi connectivity index (χ1n) is 10.7. The average molecular weight is 485 g/mol. The van der Waals surface area contributed by atoms with Gasteiger partial charge >= 0.3 is 0 Å². The smallest absolute Gasteiger partial charge is 0.271 e. The maximum absolute atomic E-state index is 13.2. The third-order valence-electron chi connectivity index (χ3n) is 5.66. The fraction of sp³-hybridized carbons (Fsp3) is 0.292. The van der Waals surface area contributed by atoms with Crippen LogP contribution in [0.25, 0.3) is 5.69 Å². The summed E-state index contributed by atoms with van der Waals surface area (Å²) in [4.78, 5) is 29.3. The van der Waals surface area contributed by atoms with Crippen LogP contribution in [0.4, 0.5) is 5.82 Å². The van der Waals surface area contributed by atoms with Crippen LogP contribution in [0.15, 0.2) is 53.3 Å². The molecule has 10 heteroatoms. The van der Waals surface area contributed by atoms with Crippen molar-refractivity contribution < 1.29 is 19.0 Å². The summed E-state index contributed by atoms with van der Waals surface area (Å²) in [5.41, 5.74) is 0.854. The molecule has 0 bridgehead atoms. The lowest BCUT2D eigenvalue weighted by atomic mass is 10.1. The van der Waals surface area contributed by atoms with Gasteiger partial charge in [0.15, 0.2) is 11.5 Å². The Bertz CT molecular complexity index is 1210. The summed E-state index contributed by atoms with van der Waals surface area (Å²) in [6.45, 7) is 2.14. The molecule has 2 aromatic carbocycles. The molecule has 0 aliphatic carbocycles. The van der Waals surface area contributed by atoms with Gasteiger partial charge in [-0.1, -0.05) is 11.6 Å². The van der Waals surface area contributed by atoms with Crippen LogP contribution in [0, 0.1) is 0 Å². The van der Waals surface area contributed by atoms with Gasteiger partial charge in [-0.3, -0.25) is 9.59 Å². The van der Waals surface area contributed by atoms with Gasteiger partial charge in [-0.2, -0.15) is 4.68 Å². The van der Waals surface area contributed by atoms with Crippen LogP contribution in [0.1, 0.15) is 10.4 Å². The van der Waals surface area contributed by atoms with E-state index in [1.54, 1.807) is 47.4 Å². The van der Waals surface area contributed by atoms with Gasteiger partial charge in [0, 0.05) is 42.8 Å². The monoisotopic (exact) mass is 484 g/mol. The first-order chi connectivity index (χ1) is 16.4. The van der Waals surface area contributed by atoms with Crippen LogP contribution < -0.4 is 24.7 Å². The molecule has 0 spiro atoms. The lowest BCUT2D eigenvalue weighted by Gasteiger charge is -2.35. The van der Waals surface area contributed by atoms with E-state index in [2.05, 4.69) is 5.10 Å². The quantitative estimate of drug-likeness (QED) is 0.531. The van der Waals surface area contributed by atoms with Gasteiger partial charge in [0.25, 0.3) is 11.5 Å². The number of piperazine rings is 1. The van der Waals surface area contributed by atoms with Crippen LogP contribution in [0.3, 0.4) is 0 Å². The normalized spacial score (nSPS) is 13.5. The summed E-state index contributed by atoms with van der Waals surface area (Å²) in [5, 5.41) is 5.11. The minimum atomic E-state index is -0.234. The van der Waals surface area contributed by atoms with Gasteiger partial charge in [-0.05, 0) is 42.5 Å². The topological polar surface area (TPSA) is 86.1 Å². The highest BCUT2D eigenvalue weighted by Gasteiger charge is 2.25. The number of amides is 1. The minimum absolute atomic E-state index is 0.127. The van der Waals surface area contributed by atoms with Crippen molar-refractivity contribution in [3.05, 3.63) is 69.5 Å². The van der Waals surface area contributed by atoms with E-state index in [1.807, 2.05) is 4.90 Å². The number of hydrogen-bond acceptors (Lipinski definition) is 7. The van der Waals surface area contributed by atoms with Crippen molar-refractivity contribution in [2.24, 2.45) is 0 Å². The zero-order chi connectivity index (χ0) is 24.2. The molecule has 3 aromatic rings. The van der Waals surface area contributed by atoms with E-state index in [1.165, 1.54) is 32.1 Å². The molecule has 178 valence electrons. The van der Waals surface area contributed by atoms with Crippen molar-refractivity contribution in [2.45, 2.75) is 0 Å². The van der Waals surface area contributed by atoms with Crippen molar-refractivity contribution in [1.82, 2.24) is 14.7 Å². The van der Waals surface area contributed by atoms with E-state index in [0.29, 0.717) is 65.5 Å². The molecule has 1 aliphatic rings. The van der Waals surface area contributed by atoms with E-state index in [-0.39, 0.29) is 11.5 Å². The molecule has 1 aliphatic heterocycles. The molecular weight excluding hydrogens is 460 g/mol. The average Bonchev–Trinajstić information content (AvgIpc) is 2.88. The van der Waals surface area contributed by atoms with E-state index in [0.717, 1.165) is 0 Å². The highest BCUT2D eigenvalue weighted by atomic mass is 35.5. The van der Waals surface area contributed by atoms with E-state index in [9.17, 15) is 9.59 Å². The molecule has 34 heavy (non-hydrogen) atoms. The Morgan fingerprint density at radius 3 is 2.06 bits per heavy atom. The predicted molar refractivity (Wildman–Crippen MR) is 129 cm³/mol. The number of aromatic nitrogens is 2. The zero-order valence-electron chi connectivity index (χ0n) is 19.2. The predicted octanol–water partition coefficient (Wildman–Crippen LogP) is 2.87.